The van der Waals surface area contributed by atoms with Gasteiger partial charge in [-0.25, -0.2) is 4.98 Å². The van der Waals surface area contributed by atoms with Gasteiger partial charge in [-0.15, -0.1) is 0 Å². The number of nitrogens with one attached hydrogen (secondary N) is 1. The number of nitrogens with zero attached hydrogens (tertiary/aromatic N) is 2. The maximum Gasteiger partial charge on any atom is 0.249 e. The Morgan fingerprint density at radius 1 is 1.50 bits per heavy atom. The molecule has 2 rings (SSSR count). The van der Waals surface area contributed by atoms with Crippen LogP contribution in [-0.2, 0) is 4.79 Å². The fourth-order valence-corrected chi connectivity index (χ4v) is 1.41. The zero-order chi connectivity index (χ0) is 11.7. The molecule has 1 amide bonds. The Morgan fingerprint density at radius 2 is 2.25 bits per heavy atom. The van der Waals surface area contributed by atoms with E-state index in [1.807, 2.05) is 0 Å². The number of pyridine rings is 1. The summed E-state index contributed by atoms with van der Waals surface area (Å²) in [6, 6.07) is 3.32. The lowest BCUT2D eigenvalue weighted by molar-refractivity contribution is -0.132. The predicted molar refractivity (Wildman–Crippen MR) is 54.0 cm³/mol. The van der Waals surface area contributed by atoms with Gasteiger partial charge in [-0.2, -0.15) is 5.10 Å². The molecule has 0 bridgehead atoms. The van der Waals surface area contributed by atoms with Crippen LogP contribution in [0.3, 0.4) is 0 Å². The molecule has 7 heteroatoms. The first-order chi connectivity index (χ1) is 7.61. The normalized spacial score (nSPS) is 14.9. The van der Waals surface area contributed by atoms with Gasteiger partial charge in [0.25, 0.3) is 0 Å². The second kappa shape index (κ2) is 3.87. The van der Waals surface area contributed by atoms with Crippen LogP contribution in [0.15, 0.2) is 18.3 Å². The lowest BCUT2D eigenvalue weighted by atomic mass is 10.1. The summed E-state index contributed by atoms with van der Waals surface area (Å²) in [4.78, 5) is 14.7. The van der Waals surface area contributed by atoms with Crippen LogP contribution in [-0.4, -0.2) is 37.4 Å². The van der Waals surface area contributed by atoms with E-state index in [1.165, 1.54) is 0 Å². The number of carbonyl (C=O) groups is 1. The smallest absolute Gasteiger partial charge is 0.249 e. The first-order valence-corrected chi connectivity index (χ1v) is 4.55. The van der Waals surface area contributed by atoms with Crippen molar-refractivity contribution in [2.45, 2.75) is 12.2 Å². The molecule has 2 atom stereocenters. The number of rotatable bonds is 3. The fraction of sp³-hybridized carbons (Fsp3) is 0.222. The van der Waals surface area contributed by atoms with E-state index < -0.39 is 18.1 Å². The number of aliphatic hydroxyl groups is 2. The summed E-state index contributed by atoms with van der Waals surface area (Å²) in [6.45, 7) is 0. The zero-order valence-electron chi connectivity index (χ0n) is 8.16. The van der Waals surface area contributed by atoms with E-state index in [4.69, 9.17) is 5.73 Å². The van der Waals surface area contributed by atoms with Crippen LogP contribution >= 0.6 is 0 Å². The SMILES string of the molecule is NC(=O)C(O)C(O)c1[nH]nc2ncccc12. The van der Waals surface area contributed by atoms with E-state index in [1.54, 1.807) is 18.3 Å². The lowest BCUT2D eigenvalue weighted by Gasteiger charge is -2.12. The van der Waals surface area contributed by atoms with Crippen LogP contribution < -0.4 is 5.73 Å². The van der Waals surface area contributed by atoms with Crippen molar-refractivity contribution >= 4 is 16.9 Å². The molecule has 0 aliphatic rings. The van der Waals surface area contributed by atoms with E-state index in [-0.39, 0.29) is 5.69 Å². The molecule has 0 aromatic carbocycles. The highest BCUT2D eigenvalue weighted by Crippen LogP contribution is 2.22. The van der Waals surface area contributed by atoms with Crippen molar-refractivity contribution in [3.63, 3.8) is 0 Å². The minimum Gasteiger partial charge on any atom is -0.384 e. The monoisotopic (exact) mass is 222 g/mol. The highest BCUT2D eigenvalue weighted by Gasteiger charge is 2.26. The van der Waals surface area contributed by atoms with Gasteiger partial charge in [0.1, 0.15) is 6.10 Å². The van der Waals surface area contributed by atoms with Crippen molar-refractivity contribution in [3.8, 4) is 0 Å². The molecule has 7 nitrogen and oxygen atoms in total. The molecule has 0 radical (unpaired) electrons. The highest BCUT2D eigenvalue weighted by atomic mass is 16.3. The molecule has 2 heterocycles. The Bertz CT molecular complexity index is 524. The molecule has 16 heavy (non-hydrogen) atoms. The molecule has 2 aromatic heterocycles. The molecule has 0 fully saturated rings. The second-order valence-electron chi connectivity index (χ2n) is 3.30. The Morgan fingerprint density at radius 3 is 2.94 bits per heavy atom. The van der Waals surface area contributed by atoms with Gasteiger partial charge >= 0.3 is 0 Å². The third-order valence-electron chi connectivity index (χ3n) is 2.25. The number of aromatic nitrogens is 3. The molecule has 0 saturated heterocycles. The number of aromatic amines is 1. The summed E-state index contributed by atoms with van der Waals surface area (Å²) < 4.78 is 0. The summed E-state index contributed by atoms with van der Waals surface area (Å²) in [6.07, 6.45) is -1.57. The average molecular weight is 222 g/mol. The van der Waals surface area contributed by atoms with E-state index >= 15 is 0 Å². The van der Waals surface area contributed by atoms with Gasteiger partial charge in [0, 0.05) is 11.6 Å². The molecule has 0 aliphatic carbocycles. The first-order valence-electron chi connectivity index (χ1n) is 4.55. The van der Waals surface area contributed by atoms with Crippen molar-refractivity contribution in [1.29, 1.82) is 0 Å². The van der Waals surface area contributed by atoms with Gasteiger partial charge in [-0.05, 0) is 12.1 Å². The predicted octanol–water partition coefficient (Wildman–Crippen LogP) is -1.16. The standard InChI is InChI=1S/C9H10N4O3/c10-8(16)7(15)6(14)5-4-2-1-3-11-9(4)13-12-5/h1-3,6-7,14-15H,(H2,10,16)(H,11,12,13). The van der Waals surface area contributed by atoms with Crippen LogP contribution in [0.4, 0.5) is 0 Å². The average Bonchev–Trinajstić information content (AvgIpc) is 2.70. The molecule has 0 saturated carbocycles. The first kappa shape index (κ1) is 10.5. The molecule has 84 valence electrons. The molecule has 5 N–H and O–H groups in total. The highest BCUT2D eigenvalue weighted by molar-refractivity contribution is 5.82. The van der Waals surface area contributed by atoms with Crippen LogP contribution in [0.25, 0.3) is 11.0 Å². The summed E-state index contributed by atoms with van der Waals surface area (Å²) in [7, 11) is 0. The Balaban J connectivity index is 2.44. The summed E-state index contributed by atoms with van der Waals surface area (Å²) in [5.74, 6) is -1.00. The number of fused-ring (bicyclic) bond motifs is 1. The number of aliphatic hydroxyl groups excluding tert-OH is 2. The van der Waals surface area contributed by atoms with E-state index in [0.717, 1.165) is 0 Å². The van der Waals surface area contributed by atoms with Crippen molar-refractivity contribution < 1.29 is 15.0 Å². The number of hydrogen-bond donors (Lipinski definition) is 4. The quantitative estimate of drug-likeness (QED) is 0.521. The molecular weight excluding hydrogens is 212 g/mol. The molecule has 0 spiro atoms. The zero-order valence-corrected chi connectivity index (χ0v) is 8.16. The number of hydrogen-bond acceptors (Lipinski definition) is 5. The van der Waals surface area contributed by atoms with Crippen LogP contribution in [0.2, 0.25) is 0 Å². The Kier molecular flexibility index (Phi) is 2.55. The minimum atomic E-state index is -1.68. The fourth-order valence-electron chi connectivity index (χ4n) is 1.41. The third-order valence-corrected chi connectivity index (χ3v) is 2.25. The number of H-pyrrole nitrogens is 1. The topological polar surface area (TPSA) is 125 Å². The van der Waals surface area contributed by atoms with Gasteiger partial charge in [-0.1, -0.05) is 0 Å². The van der Waals surface area contributed by atoms with Gasteiger partial charge in [-0.3, -0.25) is 9.89 Å². The van der Waals surface area contributed by atoms with Crippen molar-refractivity contribution in [1.82, 2.24) is 15.2 Å². The number of carbonyl (C=O) groups excluding carboxylic acids is 1. The summed E-state index contributed by atoms with van der Waals surface area (Å²) in [5.41, 5.74) is 5.50. The van der Waals surface area contributed by atoms with E-state index in [2.05, 4.69) is 15.2 Å². The number of amides is 1. The summed E-state index contributed by atoms with van der Waals surface area (Å²) in [5, 5.41) is 25.9. The maximum absolute atomic E-state index is 10.7. The van der Waals surface area contributed by atoms with E-state index in [9.17, 15) is 15.0 Å². The van der Waals surface area contributed by atoms with E-state index in [0.29, 0.717) is 11.0 Å². The van der Waals surface area contributed by atoms with Gasteiger partial charge in [0.15, 0.2) is 11.8 Å². The van der Waals surface area contributed by atoms with Crippen LogP contribution in [0.1, 0.15) is 11.8 Å². The second-order valence-corrected chi connectivity index (χ2v) is 3.30. The number of nitrogens with two attached hydrogens (primary N) is 1. The Hall–Kier alpha value is -1.99. The largest absolute Gasteiger partial charge is 0.384 e. The minimum absolute atomic E-state index is 0.217. The lowest BCUT2D eigenvalue weighted by Crippen LogP contribution is -2.34. The van der Waals surface area contributed by atoms with Crippen molar-refractivity contribution in [2.24, 2.45) is 5.73 Å². The van der Waals surface area contributed by atoms with Gasteiger partial charge in [0.2, 0.25) is 5.91 Å². The van der Waals surface area contributed by atoms with Crippen LogP contribution in [0, 0.1) is 0 Å². The number of primary amides is 1. The maximum atomic E-state index is 10.7. The van der Waals surface area contributed by atoms with Gasteiger partial charge in [0.05, 0.1) is 5.69 Å². The molecule has 2 unspecified atom stereocenters. The van der Waals surface area contributed by atoms with Crippen LogP contribution in [0.5, 0.6) is 0 Å². The molecular formula is C9H10N4O3. The van der Waals surface area contributed by atoms with Gasteiger partial charge < -0.3 is 15.9 Å². The van der Waals surface area contributed by atoms with Crippen molar-refractivity contribution in [3.05, 3.63) is 24.0 Å². The Labute approximate surface area is 89.9 Å². The third kappa shape index (κ3) is 1.62. The van der Waals surface area contributed by atoms with Crippen molar-refractivity contribution in [2.75, 3.05) is 0 Å². The summed E-state index contributed by atoms with van der Waals surface area (Å²) >= 11 is 0. The molecule has 0 aliphatic heterocycles. The molecule has 2 aromatic rings.